The van der Waals surface area contributed by atoms with Crippen LogP contribution in [0.15, 0.2) is 31.7 Å². The maximum atomic E-state index is 11.5. The molecule has 0 bridgehead atoms. The van der Waals surface area contributed by atoms with Gasteiger partial charge in [-0.25, -0.2) is 54.2 Å². The zero-order valence-corrected chi connectivity index (χ0v) is 13.6. The number of benzene rings is 1. The third-order valence-corrected chi connectivity index (χ3v) is 6.50. The van der Waals surface area contributed by atoms with E-state index in [1.54, 1.807) is 0 Å². The molecule has 126 valence electrons. The summed E-state index contributed by atoms with van der Waals surface area (Å²) in [5.74, 6) is 0. The standard InChI is InChI=1S/C6H10N4O8S4/c7-19(11,12)3-1-2-4(20(8,13)14)6(22(10,17)18)5(3)21(9,15)16/h1-2H,(H2,7,11,12)(H2,8,13,14)(H2,9,15,16)(H2,10,17,18). The quantitative estimate of drug-likeness (QED) is 0.394. The largest absolute Gasteiger partial charge is 0.240 e. The Bertz CT molecular complexity index is 965. The van der Waals surface area contributed by atoms with Crippen LogP contribution in [0.1, 0.15) is 0 Å². The Balaban J connectivity index is 4.41. The maximum absolute atomic E-state index is 11.5. The molecule has 0 spiro atoms. The van der Waals surface area contributed by atoms with Gasteiger partial charge in [-0.05, 0) is 12.1 Å². The Kier molecular flexibility index (Phi) is 4.47. The molecule has 0 aromatic heterocycles. The second kappa shape index (κ2) is 5.20. The molecule has 0 heterocycles. The molecule has 0 atom stereocenters. The first-order valence-corrected chi connectivity index (χ1v) is 10.9. The van der Waals surface area contributed by atoms with Crippen LogP contribution in [0.25, 0.3) is 0 Å². The molecule has 0 aliphatic rings. The Morgan fingerprint density at radius 3 is 0.864 bits per heavy atom. The zero-order chi connectivity index (χ0) is 17.7. The number of hydrogen-bond donors (Lipinski definition) is 4. The second-order valence-electron chi connectivity index (χ2n) is 3.90. The van der Waals surface area contributed by atoms with Gasteiger partial charge in [-0.2, -0.15) is 0 Å². The van der Waals surface area contributed by atoms with Gasteiger partial charge in [0.2, 0.25) is 40.1 Å². The number of hydrogen-bond acceptors (Lipinski definition) is 8. The lowest BCUT2D eigenvalue weighted by Crippen LogP contribution is -2.28. The number of nitrogens with two attached hydrogens (primary N) is 4. The Labute approximate surface area is 126 Å². The van der Waals surface area contributed by atoms with Crippen molar-refractivity contribution >= 4 is 40.1 Å². The van der Waals surface area contributed by atoms with Gasteiger partial charge < -0.3 is 0 Å². The molecule has 0 saturated carbocycles. The topological polar surface area (TPSA) is 241 Å². The van der Waals surface area contributed by atoms with E-state index in [-0.39, 0.29) is 0 Å². The van der Waals surface area contributed by atoms with Crippen molar-refractivity contribution in [1.82, 2.24) is 0 Å². The van der Waals surface area contributed by atoms with Crippen LogP contribution < -0.4 is 20.6 Å². The lowest BCUT2D eigenvalue weighted by molar-refractivity contribution is 0.566. The van der Waals surface area contributed by atoms with Crippen molar-refractivity contribution in [1.29, 1.82) is 0 Å². The van der Waals surface area contributed by atoms with E-state index in [2.05, 4.69) is 0 Å². The first-order valence-electron chi connectivity index (χ1n) is 4.75. The summed E-state index contributed by atoms with van der Waals surface area (Å²) in [7, 11) is -19.7. The fraction of sp³-hybridized carbons (Fsp3) is 0. The molecule has 0 fully saturated rings. The second-order valence-corrected chi connectivity index (χ2v) is 9.96. The average molecular weight is 394 g/mol. The molecular weight excluding hydrogens is 384 g/mol. The molecule has 8 N–H and O–H groups in total. The van der Waals surface area contributed by atoms with Gasteiger partial charge in [0.15, 0.2) is 0 Å². The smallest absolute Gasteiger partial charge is 0.225 e. The number of rotatable bonds is 4. The molecule has 1 aromatic carbocycles. The maximum Gasteiger partial charge on any atom is 0.240 e. The van der Waals surface area contributed by atoms with Crippen LogP contribution in [0.2, 0.25) is 0 Å². The molecule has 0 saturated heterocycles. The minimum Gasteiger partial charge on any atom is -0.225 e. The van der Waals surface area contributed by atoms with E-state index in [9.17, 15) is 33.7 Å². The van der Waals surface area contributed by atoms with Crippen LogP contribution in [0.5, 0.6) is 0 Å². The highest BCUT2D eigenvalue weighted by Crippen LogP contribution is 2.31. The molecule has 0 radical (unpaired) electrons. The summed E-state index contributed by atoms with van der Waals surface area (Å²) in [6.07, 6.45) is 0. The predicted molar refractivity (Wildman–Crippen MR) is 71.9 cm³/mol. The number of primary sulfonamides is 4. The lowest BCUT2D eigenvalue weighted by Gasteiger charge is -2.13. The van der Waals surface area contributed by atoms with Crippen LogP contribution in [0, 0.1) is 0 Å². The molecule has 0 unspecified atom stereocenters. The van der Waals surface area contributed by atoms with Gasteiger partial charge in [-0.3, -0.25) is 0 Å². The van der Waals surface area contributed by atoms with Gasteiger partial charge >= 0.3 is 0 Å². The summed E-state index contributed by atoms with van der Waals surface area (Å²) in [4.78, 5) is -5.65. The van der Waals surface area contributed by atoms with Crippen LogP contribution in [-0.4, -0.2) is 33.7 Å². The summed E-state index contributed by atoms with van der Waals surface area (Å²) >= 11 is 0. The first-order chi connectivity index (χ1) is 9.47. The lowest BCUT2D eigenvalue weighted by atomic mass is 10.3. The summed E-state index contributed by atoms with van der Waals surface area (Å²) in [6, 6.07) is 0.868. The Hall–Kier alpha value is -1.14. The van der Waals surface area contributed by atoms with Crippen molar-refractivity contribution in [3.05, 3.63) is 12.1 Å². The highest BCUT2D eigenvalue weighted by atomic mass is 32.2. The minimum absolute atomic E-state index is 0.434. The fourth-order valence-corrected chi connectivity index (χ4v) is 6.40. The molecule has 1 aromatic rings. The van der Waals surface area contributed by atoms with Crippen LogP contribution >= 0.6 is 0 Å². The van der Waals surface area contributed by atoms with E-state index >= 15 is 0 Å². The van der Waals surface area contributed by atoms with Gasteiger partial charge in [-0.1, -0.05) is 0 Å². The van der Waals surface area contributed by atoms with Gasteiger partial charge in [0.05, 0.1) is 0 Å². The summed E-state index contributed by atoms with van der Waals surface area (Å²) in [5, 5.41) is 19.0. The van der Waals surface area contributed by atoms with Crippen LogP contribution in [0.4, 0.5) is 0 Å². The zero-order valence-electron chi connectivity index (χ0n) is 10.4. The highest BCUT2D eigenvalue weighted by molar-refractivity contribution is 7.95. The summed E-state index contributed by atoms with van der Waals surface area (Å²) in [5.41, 5.74) is 0. The van der Waals surface area contributed by atoms with Gasteiger partial charge in [0, 0.05) is 0 Å². The van der Waals surface area contributed by atoms with Crippen LogP contribution in [-0.2, 0) is 40.1 Å². The van der Waals surface area contributed by atoms with Crippen molar-refractivity contribution in [2.45, 2.75) is 19.6 Å². The van der Waals surface area contributed by atoms with Crippen molar-refractivity contribution in [2.75, 3.05) is 0 Å². The van der Waals surface area contributed by atoms with Gasteiger partial charge in [0.25, 0.3) is 0 Å². The molecule has 1 rings (SSSR count). The summed E-state index contributed by atoms with van der Waals surface area (Å²) < 4.78 is 91.7. The first kappa shape index (κ1) is 18.9. The molecule has 12 nitrogen and oxygen atoms in total. The number of sulfonamides is 4. The third-order valence-electron chi connectivity index (χ3n) is 2.22. The van der Waals surface area contributed by atoms with Gasteiger partial charge in [0.1, 0.15) is 19.6 Å². The van der Waals surface area contributed by atoms with E-state index in [1.165, 1.54) is 0 Å². The van der Waals surface area contributed by atoms with E-state index in [0.29, 0.717) is 12.1 Å². The van der Waals surface area contributed by atoms with Gasteiger partial charge in [-0.15, -0.1) is 0 Å². The summed E-state index contributed by atoms with van der Waals surface area (Å²) in [6.45, 7) is 0. The van der Waals surface area contributed by atoms with Crippen molar-refractivity contribution in [3.63, 3.8) is 0 Å². The highest BCUT2D eigenvalue weighted by Gasteiger charge is 2.35. The molecule has 16 heteroatoms. The van der Waals surface area contributed by atoms with Crippen molar-refractivity contribution < 1.29 is 33.7 Å². The fourth-order valence-electron chi connectivity index (χ4n) is 1.51. The predicted octanol–water partition coefficient (Wildman–Crippen LogP) is -3.72. The third kappa shape index (κ3) is 3.79. The molecule has 0 amide bonds. The normalized spacial score (nSPS) is 14.0. The van der Waals surface area contributed by atoms with E-state index in [1.807, 2.05) is 0 Å². The molecule has 0 aliphatic carbocycles. The van der Waals surface area contributed by atoms with E-state index in [0.717, 1.165) is 0 Å². The SMILES string of the molecule is NS(=O)(=O)c1ccc(S(N)(=O)=O)c(S(N)(=O)=O)c1S(N)(=O)=O. The Morgan fingerprint density at radius 2 is 0.727 bits per heavy atom. The molecular formula is C6H10N4O8S4. The van der Waals surface area contributed by atoms with E-state index < -0.39 is 59.7 Å². The van der Waals surface area contributed by atoms with Crippen molar-refractivity contribution in [3.8, 4) is 0 Å². The Morgan fingerprint density at radius 1 is 0.500 bits per heavy atom. The minimum atomic E-state index is -5.05. The van der Waals surface area contributed by atoms with Crippen molar-refractivity contribution in [2.24, 2.45) is 20.6 Å². The monoisotopic (exact) mass is 394 g/mol. The molecule has 22 heavy (non-hydrogen) atoms. The van der Waals surface area contributed by atoms with Crippen LogP contribution in [0.3, 0.4) is 0 Å². The van der Waals surface area contributed by atoms with E-state index in [4.69, 9.17) is 20.6 Å². The molecule has 0 aliphatic heterocycles. The average Bonchev–Trinajstić information content (AvgIpc) is 2.22.